The topological polar surface area (TPSA) is 107 Å². The molecule has 1 amide bonds. The summed E-state index contributed by atoms with van der Waals surface area (Å²) in [5.74, 6) is -0.595. The van der Waals surface area contributed by atoms with Crippen LogP contribution < -0.4 is 10.5 Å². The minimum atomic E-state index is -4.08. The van der Waals surface area contributed by atoms with Crippen LogP contribution in [0.5, 0.6) is 5.75 Å². The smallest absolute Gasteiger partial charge is 0.287 e. The zero-order valence-corrected chi connectivity index (χ0v) is 14.6. The van der Waals surface area contributed by atoms with Crippen molar-refractivity contribution in [3.05, 3.63) is 69.8 Å². The number of nitrogens with two attached hydrogens (primary N) is 1. The molecule has 0 atom stereocenters. The molecule has 0 aliphatic carbocycles. The van der Waals surface area contributed by atoms with E-state index in [1.807, 2.05) is 0 Å². The zero-order valence-electron chi connectivity index (χ0n) is 13.0. The molecule has 2 rings (SSSR count). The summed E-state index contributed by atoms with van der Waals surface area (Å²) in [7, 11) is -2.60. The van der Waals surface area contributed by atoms with Crippen LogP contribution in [0.25, 0.3) is 6.08 Å². The van der Waals surface area contributed by atoms with Crippen LogP contribution in [-0.4, -0.2) is 26.0 Å². The fourth-order valence-corrected chi connectivity index (χ4v) is 2.23. The molecule has 0 bridgehead atoms. The van der Waals surface area contributed by atoms with Gasteiger partial charge in [-0.3, -0.25) is 9.35 Å². The van der Waals surface area contributed by atoms with Crippen molar-refractivity contribution in [3.8, 4) is 5.75 Å². The average molecular weight is 388 g/mol. The van der Waals surface area contributed by atoms with E-state index in [4.69, 9.17) is 26.6 Å². The van der Waals surface area contributed by atoms with Crippen LogP contribution in [0.4, 0.5) is 4.39 Å². The number of halogens is 2. The normalized spacial score (nSPS) is 10.9. The quantitative estimate of drug-likeness (QED) is 0.784. The van der Waals surface area contributed by atoms with E-state index < -0.39 is 21.8 Å². The molecule has 0 heterocycles. The van der Waals surface area contributed by atoms with Gasteiger partial charge in [-0.05, 0) is 30.3 Å². The summed E-state index contributed by atoms with van der Waals surface area (Å²) >= 11 is 5.48. The van der Waals surface area contributed by atoms with Gasteiger partial charge in [0.15, 0.2) is 0 Å². The second kappa shape index (κ2) is 9.16. The van der Waals surface area contributed by atoms with Crippen LogP contribution in [0, 0.1) is 5.82 Å². The Labute approximate surface area is 149 Å². The Hall–Kier alpha value is -2.42. The van der Waals surface area contributed by atoms with Gasteiger partial charge in [0, 0.05) is 5.56 Å². The molecule has 2 aromatic rings. The fraction of sp³-hybridized carbons (Fsp3) is 0.0625. The van der Waals surface area contributed by atoms with E-state index in [-0.39, 0.29) is 10.6 Å². The van der Waals surface area contributed by atoms with Crippen LogP contribution in [0.2, 0.25) is 5.02 Å². The van der Waals surface area contributed by atoms with Crippen molar-refractivity contribution >= 4 is 33.7 Å². The molecular weight excluding hydrogens is 373 g/mol. The van der Waals surface area contributed by atoms with Crippen molar-refractivity contribution < 1.29 is 26.9 Å². The van der Waals surface area contributed by atoms with Crippen LogP contribution in [-0.2, 0) is 10.1 Å². The lowest BCUT2D eigenvalue weighted by atomic mass is 10.2. The molecule has 3 N–H and O–H groups in total. The van der Waals surface area contributed by atoms with Crippen LogP contribution >= 0.6 is 11.6 Å². The third-order valence-corrected chi connectivity index (χ3v) is 3.55. The Morgan fingerprint density at radius 2 is 1.92 bits per heavy atom. The molecule has 0 spiro atoms. The maximum Gasteiger partial charge on any atom is 0.287 e. The van der Waals surface area contributed by atoms with Crippen molar-refractivity contribution in [2.75, 3.05) is 7.11 Å². The van der Waals surface area contributed by atoms with Crippen molar-refractivity contribution in [2.24, 2.45) is 5.73 Å². The van der Waals surface area contributed by atoms with E-state index >= 15 is 0 Å². The minimum Gasteiger partial charge on any atom is -0.496 e. The van der Waals surface area contributed by atoms with Crippen LogP contribution in [0.15, 0.2) is 47.9 Å². The summed E-state index contributed by atoms with van der Waals surface area (Å²) in [4.78, 5) is 10.5. The maximum atomic E-state index is 12.4. The van der Waals surface area contributed by atoms with Gasteiger partial charge in [0.2, 0.25) is 5.91 Å². The number of rotatable bonds is 4. The lowest BCUT2D eigenvalue weighted by molar-refractivity contribution is 0.100. The van der Waals surface area contributed by atoms with Crippen LogP contribution in [0.1, 0.15) is 15.9 Å². The first-order chi connectivity index (χ1) is 11.6. The summed E-state index contributed by atoms with van der Waals surface area (Å²) in [6, 6.07) is 10.3. The number of hydrogen-bond donors (Lipinski definition) is 2. The predicted molar refractivity (Wildman–Crippen MR) is 93.5 cm³/mol. The predicted octanol–water partition coefficient (Wildman–Crippen LogP) is 3.13. The van der Waals surface area contributed by atoms with E-state index in [1.165, 1.54) is 19.3 Å². The number of benzene rings is 2. The molecule has 9 heteroatoms. The summed E-state index contributed by atoms with van der Waals surface area (Å²) in [5, 5.41) is 0.753. The van der Waals surface area contributed by atoms with Crippen molar-refractivity contribution in [1.82, 2.24) is 0 Å². The number of primary amides is 1. The van der Waals surface area contributed by atoms with Gasteiger partial charge >= 0.3 is 0 Å². The van der Waals surface area contributed by atoms with Gasteiger partial charge in [-0.1, -0.05) is 29.8 Å². The van der Waals surface area contributed by atoms with Crippen molar-refractivity contribution in [3.63, 3.8) is 0 Å². The number of amides is 1. The number of methoxy groups -OCH3 is 1. The Morgan fingerprint density at radius 1 is 1.28 bits per heavy atom. The molecule has 2 aromatic carbocycles. The Morgan fingerprint density at radius 3 is 2.44 bits per heavy atom. The van der Waals surface area contributed by atoms with Gasteiger partial charge in [0.25, 0.3) is 10.1 Å². The molecule has 0 saturated carbocycles. The molecule has 0 fully saturated rings. The molecular formula is C16H15ClFNO5S. The van der Waals surface area contributed by atoms with Gasteiger partial charge in [-0.2, -0.15) is 8.42 Å². The van der Waals surface area contributed by atoms with E-state index in [1.54, 1.807) is 24.3 Å². The molecule has 6 nitrogen and oxygen atoms in total. The van der Waals surface area contributed by atoms with Crippen LogP contribution in [0.3, 0.4) is 0 Å². The Balaban J connectivity index is 0.000000257. The third-order valence-electron chi connectivity index (χ3n) is 2.76. The lowest BCUT2D eigenvalue weighted by Crippen LogP contribution is -2.11. The lowest BCUT2D eigenvalue weighted by Gasteiger charge is -2.02. The largest absolute Gasteiger partial charge is 0.496 e. The number of carbonyl (C=O) groups excluding carboxylic acids is 1. The van der Waals surface area contributed by atoms with E-state index in [9.17, 15) is 17.6 Å². The highest BCUT2D eigenvalue weighted by atomic mass is 35.5. The van der Waals surface area contributed by atoms with Crippen molar-refractivity contribution in [1.29, 1.82) is 0 Å². The summed E-state index contributed by atoms with van der Waals surface area (Å²) in [5.41, 5.74) is 5.64. The summed E-state index contributed by atoms with van der Waals surface area (Å²) in [6.07, 6.45) is 1.27. The SMILES string of the molecule is COc1ccccc1/C=C/S(=O)(=O)O.NC(=O)c1ccc(F)cc1Cl. The maximum absolute atomic E-state index is 12.4. The second-order valence-electron chi connectivity index (χ2n) is 4.55. The van der Waals surface area contributed by atoms with Gasteiger partial charge in [0.1, 0.15) is 11.6 Å². The minimum absolute atomic E-state index is 0.0394. The number of hydrogen-bond acceptors (Lipinski definition) is 4. The number of ether oxygens (including phenoxy) is 1. The number of carbonyl (C=O) groups is 1. The molecule has 25 heavy (non-hydrogen) atoms. The van der Waals surface area contributed by atoms with Gasteiger partial charge in [0.05, 0.1) is 23.1 Å². The molecule has 0 saturated heterocycles. The Bertz CT molecular complexity index is 884. The molecule has 134 valence electrons. The highest BCUT2D eigenvalue weighted by molar-refractivity contribution is 7.88. The van der Waals surface area contributed by atoms with Gasteiger partial charge < -0.3 is 10.5 Å². The van der Waals surface area contributed by atoms with E-state index in [0.29, 0.717) is 16.7 Å². The highest BCUT2D eigenvalue weighted by Crippen LogP contribution is 2.19. The van der Waals surface area contributed by atoms with E-state index in [2.05, 4.69) is 0 Å². The standard InChI is InChI=1S/C9H10O4S.C7H5ClFNO/c1-13-9-5-3-2-4-8(9)6-7-14(10,11)12;8-6-3-4(9)1-2-5(6)7(10)11/h2-7H,1H3,(H,10,11,12);1-3H,(H2,10,11)/b7-6+;. The summed E-state index contributed by atoms with van der Waals surface area (Å²) < 4.78 is 46.7. The monoisotopic (exact) mass is 387 g/mol. The first kappa shape index (κ1) is 20.6. The van der Waals surface area contributed by atoms with Gasteiger partial charge in [-0.15, -0.1) is 0 Å². The average Bonchev–Trinajstić information content (AvgIpc) is 2.52. The Kier molecular flexibility index (Phi) is 7.56. The fourth-order valence-electron chi connectivity index (χ4n) is 1.65. The van der Waals surface area contributed by atoms with E-state index in [0.717, 1.165) is 12.1 Å². The zero-order chi connectivity index (χ0) is 19.0. The molecule has 0 aromatic heterocycles. The first-order valence-corrected chi connectivity index (χ1v) is 8.55. The third kappa shape index (κ3) is 7.34. The molecule has 0 unspecified atom stereocenters. The summed E-state index contributed by atoms with van der Waals surface area (Å²) in [6.45, 7) is 0. The van der Waals surface area contributed by atoms with Crippen molar-refractivity contribution in [2.45, 2.75) is 0 Å². The molecule has 0 aliphatic heterocycles. The number of para-hydroxylation sites is 1. The highest BCUT2D eigenvalue weighted by Gasteiger charge is 2.05. The molecule has 0 aliphatic rings. The molecule has 0 radical (unpaired) electrons. The first-order valence-electron chi connectivity index (χ1n) is 6.67. The van der Waals surface area contributed by atoms with Gasteiger partial charge in [-0.25, -0.2) is 4.39 Å². The second-order valence-corrected chi connectivity index (χ2v) is 6.26.